The molecule has 1 aliphatic heterocycles. The minimum absolute atomic E-state index is 0.0668. The van der Waals surface area contributed by atoms with Gasteiger partial charge in [-0.15, -0.1) is 0 Å². The molecule has 1 saturated heterocycles. The molecule has 2 rings (SSSR count). The Morgan fingerprint density at radius 2 is 1.59 bits per heavy atom. The van der Waals surface area contributed by atoms with Crippen molar-refractivity contribution in [3.63, 3.8) is 0 Å². The maximum Gasteiger partial charge on any atom is 0.408 e. The van der Waals surface area contributed by atoms with E-state index in [0.717, 1.165) is 5.56 Å². The number of carbonyl (C=O) groups excluding carboxylic acids is 2. The van der Waals surface area contributed by atoms with Crippen LogP contribution in [0, 0.1) is 5.92 Å². The highest BCUT2D eigenvalue weighted by molar-refractivity contribution is 5.85. The standard InChI is InChI=1S/C25H41N3O6/c1-17(2)15-19(26-24(30)34-25(3,4)5)23(29)28-13-11-27(12-14-28)16-18-9-10-20(31-6)22(33-8)21(18)32-7/h9-10,17,19H,11-16H2,1-8H3,(H,26,30). The van der Waals surface area contributed by atoms with Crippen molar-refractivity contribution in [3.8, 4) is 17.2 Å². The molecule has 9 heteroatoms. The predicted octanol–water partition coefficient (Wildman–Crippen LogP) is 3.30. The van der Waals surface area contributed by atoms with E-state index in [2.05, 4.69) is 10.2 Å². The van der Waals surface area contributed by atoms with Gasteiger partial charge >= 0.3 is 6.09 Å². The van der Waals surface area contributed by atoms with Gasteiger partial charge in [-0.25, -0.2) is 4.79 Å². The number of benzene rings is 1. The number of nitrogens with zero attached hydrogens (tertiary/aromatic N) is 2. The lowest BCUT2D eigenvalue weighted by Crippen LogP contribution is -2.55. The van der Waals surface area contributed by atoms with Crippen molar-refractivity contribution in [1.29, 1.82) is 0 Å². The molecular formula is C25H41N3O6. The summed E-state index contributed by atoms with van der Waals surface area (Å²) >= 11 is 0. The van der Waals surface area contributed by atoms with Crippen LogP contribution in [0.25, 0.3) is 0 Å². The maximum atomic E-state index is 13.2. The highest BCUT2D eigenvalue weighted by atomic mass is 16.6. The van der Waals surface area contributed by atoms with Crippen LogP contribution >= 0.6 is 0 Å². The van der Waals surface area contributed by atoms with Crippen LogP contribution in [-0.4, -0.2) is 81.0 Å². The third kappa shape index (κ3) is 7.68. The SMILES string of the molecule is COc1ccc(CN2CCN(C(=O)C(CC(C)C)NC(=O)OC(C)(C)C)CC2)c(OC)c1OC. The summed E-state index contributed by atoms with van der Waals surface area (Å²) < 4.78 is 21.8. The highest BCUT2D eigenvalue weighted by Crippen LogP contribution is 2.40. The first-order valence-corrected chi connectivity index (χ1v) is 11.8. The summed E-state index contributed by atoms with van der Waals surface area (Å²) in [4.78, 5) is 29.6. The summed E-state index contributed by atoms with van der Waals surface area (Å²) in [6.07, 6.45) is -0.00750. The van der Waals surface area contributed by atoms with Gasteiger partial charge < -0.3 is 29.2 Å². The normalized spacial score (nSPS) is 15.6. The van der Waals surface area contributed by atoms with Crippen LogP contribution < -0.4 is 19.5 Å². The Bertz CT molecular complexity index is 829. The zero-order valence-electron chi connectivity index (χ0n) is 21.9. The van der Waals surface area contributed by atoms with Gasteiger partial charge in [0.2, 0.25) is 11.7 Å². The molecular weight excluding hydrogens is 438 g/mol. The van der Waals surface area contributed by atoms with Crippen LogP contribution in [0.4, 0.5) is 4.79 Å². The summed E-state index contributed by atoms with van der Waals surface area (Å²) in [6, 6.07) is 3.24. The second-order valence-corrected chi connectivity index (χ2v) is 9.92. The monoisotopic (exact) mass is 479 g/mol. The lowest BCUT2D eigenvalue weighted by atomic mass is 10.0. The third-order valence-electron chi connectivity index (χ3n) is 5.56. The lowest BCUT2D eigenvalue weighted by Gasteiger charge is -2.37. The van der Waals surface area contributed by atoms with Gasteiger partial charge in [-0.2, -0.15) is 0 Å². The Balaban J connectivity index is 2.02. The van der Waals surface area contributed by atoms with Crippen molar-refractivity contribution >= 4 is 12.0 Å². The molecule has 1 aliphatic rings. The Hall–Kier alpha value is -2.68. The maximum absolute atomic E-state index is 13.2. The molecule has 0 aromatic heterocycles. The largest absolute Gasteiger partial charge is 0.493 e. The van der Waals surface area contributed by atoms with Crippen LogP contribution in [0.1, 0.15) is 46.6 Å². The van der Waals surface area contributed by atoms with Crippen molar-refractivity contribution in [2.75, 3.05) is 47.5 Å². The zero-order chi connectivity index (χ0) is 25.5. The average molecular weight is 480 g/mol. The van der Waals surface area contributed by atoms with Gasteiger partial charge in [-0.1, -0.05) is 19.9 Å². The van der Waals surface area contributed by atoms with E-state index in [4.69, 9.17) is 18.9 Å². The molecule has 1 unspecified atom stereocenters. The molecule has 0 spiro atoms. The van der Waals surface area contributed by atoms with Gasteiger partial charge in [0.25, 0.3) is 0 Å². The number of piperazine rings is 1. The van der Waals surface area contributed by atoms with Gasteiger partial charge in [-0.05, 0) is 39.2 Å². The van der Waals surface area contributed by atoms with Crippen molar-refractivity contribution in [1.82, 2.24) is 15.1 Å². The topological polar surface area (TPSA) is 89.6 Å². The first-order valence-electron chi connectivity index (χ1n) is 11.8. The zero-order valence-corrected chi connectivity index (χ0v) is 21.9. The van der Waals surface area contributed by atoms with Crippen LogP contribution in [0.2, 0.25) is 0 Å². The molecule has 1 aromatic carbocycles. The fourth-order valence-electron chi connectivity index (χ4n) is 4.02. The van der Waals surface area contributed by atoms with Crippen molar-refractivity contribution in [3.05, 3.63) is 17.7 Å². The molecule has 1 N–H and O–H groups in total. The van der Waals surface area contributed by atoms with E-state index in [1.54, 1.807) is 42.1 Å². The Kier molecular flexibility index (Phi) is 9.85. The fraction of sp³-hybridized carbons (Fsp3) is 0.680. The van der Waals surface area contributed by atoms with Crippen LogP contribution in [0.5, 0.6) is 17.2 Å². The quantitative estimate of drug-likeness (QED) is 0.581. The molecule has 9 nitrogen and oxygen atoms in total. The molecule has 0 saturated carbocycles. The number of ether oxygens (including phenoxy) is 4. The number of nitrogens with one attached hydrogen (secondary N) is 1. The van der Waals surface area contributed by atoms with Crippen molar-refractivity contribution in [2.45, 2.75) is 59.2 Å². The second-order valence-electron chi connectivity index (χ2n) is 9.92. The third-order valence-corrected chi connectivity index (χ3v) is 5.56. The Labute approximate surface area is 203 Å². The first kappa shape index (κ1) is 27.6. The molecule has 1 aromatic rings. The molecule has 0 bridgehead atoms. The second kappa shape index (κ2) is 12.1. The van der Waals surface area contributed by atoms with Gasteiger partial charge in [0.1, 0.15) is 11.6 Å². The van der Waals surface area contributed by atoms with E-state index < -0.39 is 17.7 Å². The van der Waals surface area contributed by atoms with E-state index in [1.165, 1.54) is 0 Å². The molecule has 34 heavy (non-hydrogen) atoms. The van der Waals surface area contributed by atoms with E-state index in [1.807, 2.05) is 30.9 Å². The van der Waals surface area contributed by atoms with Crippen LogP contribution in [0.3, 0.4) is 0 Å². The molecule has 2 amide bonds. The number of hydrogen-bond donors (Lipinski definition) is 1. The number of amides is 2. The number of hydrogen-bond acceptors (Lipinski definition) is 7. The molecule has 0 aliphatic carbocycles. The Morgan fingerprint density at radius 3 is 2.09 bits per heavy atom. The van der Waals surface area contributed by atoms with Crippen LogP contribution in [-0.2, 0) is 16.1 Å². The fourth-order valence-corrected chi connectivity index (χ4v) is 4.02. The summed E-state index contributed by atoms with van der Waals surface area (Å²) in [5.41, 5.74) is 0.371. The highest BCUT2D eigenvalue weighted by Gasteiger charge is 2.31. The molecule has 1 fully saturated rings. The van der Waals surface area contributed by atoms with E-state index in [-0.39, 0.29) is 11.8 Å². The number of rotatable bonds is 9. The number of carbonyl (C=O) groups is 2. The number of methoxy groups -OCH3 is 3. The van der Waals surface area contributed by atoms with E-state index in [9.17, 15) is 9.59 Å². The molecule has 0 radical (unpaired) electrons. The minimum atomic E-state index is -0.619. The van der Waals surface area contributed by atoms with Crippen molar-refractivity contribution < 1.29 is 28.5 Å². The van der Waals surface area contributed by atoms with Gasteiger partial charge in [0, 0.05) is 38.3 Å². The minimum Gasteiger partial charge on any atom is -0.493 e. The van der Waals surface area contributed by atoms with Gasteiger partial charge in [0.15, 0.2) is 11.5 Å². The predicted molar refractivity (Wildman–Crippen MR) is 131 cm³/mol. The smallest absolute Gasteiger partial charge is 0.408 e. The van der Waals surface area contributed by atoms with Crippen molar-refractivity contribution in [2.24, 2.45) is 5.92 Å². The summed E-state index contributed by atoms with van der Waals surface area (Å²) in [6.45, 7) is 12.7. The lowest BCUT2D eigenvalue weighted by molar-refractivity contribution is -0.135. The van der Waals surface area contributed by atoms with Gasteiger partial charge in [0.05, 0.1) is 21.3 Å². The molecule has 192 valence electrons. The molecule has 1 heterocycles. The van der Waals surface area contributed by atoms with E-state index in [0.29, 0.717) is 56.4 Å². The average Bonchev–Trinajstić information content (AvgIpc) is 2.76. The first-order chi connectivity index (χ1) is 16.0. The van der Waals surface area contributed by atoms with E-state index >= 15 is 0 Å². The summed E-state index contributed by atoms with van der Waals surface area (Å²) in [5.74, 6) is 2.03. The number of alkyl carbamates (subject to hydrolysis) is 1. The van der Waals surface area contributed by atoms with Crippen LogP contribution in [0.15, 0.2) is 12.1 Å². The Morgan fingerprint density at radius 1 is 0.971 bits per heavy atom. The molecule has 1 atom stereocenters. The summed E-state index contributed by atoms with van der Waals surface area (Å²) in [7, 11) is 4.80. The van der Waals surface area contributed by atoms with Gasteiger partial charge in [-0.3, -0.25) is 9.69 Å². The summed E-state index contributed by atoms with van der Waals surface area (Å²) in [5, 5.41) is 2.78.